The zero-order chi connectivity index (χ0) is 16.5. The maximum atomic E-state index is 13.0. The molecule has 3 fully saturated rings. The van der Waals surface area contributed by atoms with Crippen LogP contribution in [-0.2, 0) is 11.2 Å². The van der Waals surface area contributed by atoms with E-state index in [1.165, 1.54) is 24.8 Å². The normalized spacial score (nSPS) is 34.4. The first-order valence-corrected chi connectivity index (χ1v) is 9.79. The summed E-state index contributed by atoms with van der Waals surface area (Å²) in [5.74, 6) is 2.48. The quantitative estimate of drug-likeness (QED) is 0.892. The largest absolute Gasteiger partial charge is 0.342 e. The lowest BCUT2D eigenvalue weighted by molar-refractivity contribution is -0.137. The second-order valence-corrected chi connectivity index (χ2v) is 8.33. The molecule has 1 aromatic carbocycles. The number of amides is 1. The molecule has 1 aromatic rings. The summed E-state index contributed by atoms with van der Waals surface area (Å²) in [6, 6.07) is 11.0. The van der Waals surface area contributed by atoms with Crippen LogP contribution in [0.1, 0.15) is 44.1 Å². The van der Waals surface area contributed by atoms with Crippen molar-refractivity contribution >= 4 is 18.3 Å². The van der Waals surface area contributed by atoms with Crippen molar-refractivity contribution in [2.45, 2.75) is 51.0 Å². The van der Waals surface area contributed by atoms with Gasteiger partial charge in [0.1, 0.15) is 0 Å². The van der Waals surface area contributed by atoms with Crippen molar-refractivity contribution in [1.29, 1.82) is 0 Å². The fourth-order valence-corrected chi connectivity index (χ4v) is 5.40. The number of likely N-dealkylation sites (tertiary alicyclic amines) is 1. The second kappa shape index (κ2) is 8.09. The van der Waals surface area contributed by atoms with Gasteiger partial charge in [0, 0.05) is 25.0 Å². The molecule has 2 N–H and O–H groups in total. The molecule has 0 aromatic heterocycles. The molecule has 1 saturated heterocycles. The van der Waals surface area contributed by atoms with Gasteiger partial charge < -0.3 is 10.6 Å². The van der Waals surface area contributed by atoms with E-state index in [4.69, 9.17) is 5.73 Å². The highest BCUT2D eigenvalue weighted by atomic mass is 35.5. The highest BCUT2D eigenvalue weighted by Gasteiger charge is 2.42. The van der Waals surface area contributed by atoms with Crippen LogP contribution < -0.4 is 5.73 Å². The van der Waals surface area contributed by atoms with E-state index in [-0.39, 0.29) is 18.3 Å². The van der Waals surface area contributed by atoms with Gasteiger partial charge in [-0.15, -0.1) is 12.4 Å². The monoisotopic (exact) mass is 362 g/mol. The lowest BCUT2D eigenvalue weighted by Gasteiger charge is -2.44. The molecule has 2 bridgehead atoms. The molecule has 2 aliphatic carbocycles. The van der Waals surface area contributed by atoms with E-state index in [2.05, 4.69) is 35.2 Å². The number of hydrogen-bond donors (Lipinski definition) is 1. The van der Waals surface area contributed by atoms with Crippen LogP contribution in [0.25, 0.3) is 0 Å². The van der Waals surface area contributed by atoms with E-state index in [9.17, 15) is 4.79 Å². The maximum absolute atomic E-state index is 13.0. The van der Waals surface area contributed by atoms with Crippen LogP contribution in [0.15, 0.2) is 30.3 Å². The van der Waals surface area contributed by atoms with Crippen molar-refractivity contribution in [2.75, 3.05) is 13.1 Å². The van der Waals surface area contributed by atoms with Crippen molar-refractivity contribution in [3.05, 3.63) is 35.9 Å². The molecule has 25 heavy (non-hydrogen) atoms. The summed E-state index contributed by atoms with van der Waals surface area (Å²) < 4.78 is 0. The molecule has 3 aliphatic rings. The molecule has 2 saturated carbocycles. The Morgan fingerprint density at radius 2 is 1.76 bits per heavy atom. The van der Waals surface area contributed by atoms with E-state index >= 15 is 0 Å². The Morgan fingerprint density at radius 1 is 1.08 bits per heavy atom. The summed E-state index contributed by atoms with van der Waals surface area (Å²) in [7, 11) is 0. The summed E-state index contributed by atoms with van der Waals surface area (Å²) in [5.41, 5.74) is 7.78. The summed E-state index contributed by atoms with van der Waals surface area (Å²) in [5, 5.41) is 0. The van der Waals surface area contributed by atoms with Crippen molar-refractivity contribution in [1.82, 2.24) is 4.90 Å². The zero-order valence-electron chi connectivity index (χ0n) is 15.0. The summed E-state index contributed by atoms with van der Waals surface area (Å²) >= 11 is 0. The van der Waals surface area contributed by atoms with Crippen LogP contribution in [0.3, 0.4) is 0 Å². The highest BCUT2D eigenvalue weighted by molar-refractivity contribution is 5.85. The van der Waals surface area contributed by atoms with Gasteiger partial charge in [-0.2, -0.15) is 0 Å². The first-order chi connectivity index (χ1) is 11.7. The number of benzene rings is 1. The molecule has 3 unspecified atom stereocenters. The molecular formula is C21H31ClN2O. The van der Waals surface area contributed by atoms with Crippen LogP contribution >= 0.6 is 12.4 Å². The Morgan fingerprint density at radius 3 is 2.44 bits per heavy atom. The Hall–Kier alpha value is -1.06. The number of nitrogens with zero attached hydrogens (tertiary/aromatic N) is 1. The molecule has 4 heteroatoms. The van der Waals surface area contributed by atoms with Crippen LogP contribution in [0.2, 0.25) is 0 Å². The number of nitrogens with two attached hydrogens (primary N) is 1. The second-order valence-electron chi connectivity index (χ2n) is 8.33. The Bertz CT molecular complexity index is 565. The Kier molecular flexibility index (Phi) is 6.06. The van der Waals surface area contributed by atoms with Gasteiger partial charge in [-0.1, -0.05) is 36.8 Å². The third-order valence-corrected chi connectivity index (χ3v) is 6.73. The van der Waals surface area contributed by atoms with Gasteiger partial charge in [0.05, 0.1) is 0 Å². The molecule has 1 heterocycles. The van der Waals surface area contributed by atoms with Gasteiger partial charge in [-0.3, -0.25) is 4.79 Å². The van der Waals surface area contributed by atoms with E-state index in [0.717, 1.165) is 38.8 Å². The molecule has 0 spiro atoms. The van der Waals surface area contributed by atoms with Crippen molar-refractivity contribution in [3.8, 4) is 0 Å². The smallest absolute Gasteiger partial charge is 0.225 e. The lowest BCUT2D eigenvalue weighted by Crippen LogP contribution is -2.49. The number of fused-ring (bicyclic) bond motifs is 2. The third-order valence-electron chi connectivity index (χ3n) is 6.73. The topological polar surface area (TPSA) is 46.3 Å². The molecule has 0 radical (unpaired) electrons. The van der Waals surface area contributed by atoms with Gasteiger partial charge in [0.2, 0.25) is 5.91 Å². The van der Waals surface area contributed by atoms with Crippen LogP contribution in [0.5, 0.6) is 0 Å². The van der Waals surface area contributed by atoms with Crippen LogP contribution in [0.4, 0.5) is 0 Å². The molecule has 1 amide bonds. The predicted molar refractivity (Wildman–Crippen MR) is 104 cm³/mol. The minimum atomic E-state index is 0. The Labute approximate surface area is 157 Å². The molecule has 3 nitrogen and oxygen atoms in total. The summed E-state index contributed by atoms with van der Waals surface area (Å²) in [6.07, 6.45) is 8.11. The first-order valence-electron chi connectivity index (χ1n) is 9.79. The van der Waals surface area contributed by atoms with E-state index in [0.29, 0.717) is 29.7 Å². The molecular weight excluding hydrogens is 332 g/mol. The standard InChI is InChI=1S/C21H30N2O.ClH/c22-20-17-7-4-8-18(20)13-19(12-17)21(24)23-10-9-16(14-23)11-15-5-2-1-3-6-15;/h1-3,5-6,16-20H,4,7-14,22H2;1H. The number of hydrogen-bond acceptors (Lipinski definition) is 2. The lowest BCUT2D eigenvalue weighted by atomic mass is 9.65. The molecule has 1 aliphatic heterocycles. The minimum absolute atomic E-state index is 0. The minimum Gasteiger partial charge on any atom is -0.342 e. The van der Waals surface area contributed by atoms with E-state index < -0.39 is 0 Å². The summed E-state index contributed by atoms with van der Waals surface area (Å²) in [4.78, 5) is 15.2. The fourth-order valence-electron chi connectivity index (χ4n) is 5.40. The number of rotatable bonds is 3. The highest BCUT2D eigenvalue weighted by Crippen LogP contribution is 2.42. The van der Waals surface area contributed by atoms with Gasteiger partial charge in [0.15, 0.2) is 0 Å². The average Bonchev–Trinajstić information content (AvgIpc) is 3.03. The number of carbonyl (C=O) groups excluding carboxylic acids is 1. The van der Waals surface area contributed by atoms with Gasteiger partial charge in [-0.05, 0) is 61.8 Å². The number of halogens is 1. The summed E-state index contributed by atoms with van der Waals surface area (Å²) in [6.45, 7) is 1.90. The van der Waals surface area contributed by atoms with Gasteiger partial charge in [-0.25, -0.2) is 0 Å². The number of carbonyl (C=O) groups is 1. The van der Waals surface area contributed by atoms with Gasteiger partial charge >= 0.3 is 0 Å². The first kappa shape index (κ1) is 18.7. The zero-order valence-corrected chi connectivity index (χ0v) is 15.8. The molecule has 138 valence electrons. The fraction of sp³-hybridized carbons (Fsp3) is 0.667. The van der Waals surface area contributed by atoms with Crippen molar-refractivity contribution in [2.24, 2.45) is 29.4 Å². The van der Waals surface area contributed by atoms with Crippen molar-refractivity contribution < 1.29 is 4.79 Å². The average molecular weight is 363 g/mol. The van der Waals surface area contributed by atoms with Crippen LogP contribution in [-0.4, -0.2) is 29.9 Å². The predicted octanol–water partition coefficient (Wildman–Crippen LogP) is 3.65. The van der Waals surface area contributed by atoms with E-state index in [1.807, 2.05) is 0 Å². The molecule has 3 atom stereocenters. The van der Waals surface area contributed by atoms with Crippen molar-refractivity contribution in [3.63, 3.8) is 0 Å². The van der Waals surface area contributed by atoms with Gasteiger partial charge in [0.25, 0.3) is 0 Å². The maximum Gasteiger partial charge on any atom is 0.225 e. The van der Waals surface area contributed by atoms with E-state index in [1.54, 1.807) is 0 Å². The third kappa shape index (κ3) is 4.03. The SMILES string of the molecule is Cl.NC1C2CCCC1CC(C(=O)N1CCC(Cc3ccccc3)C1)C2. The molecule has 4 rings (SSSR count). The Balaban J connectivity index is 0.00000182. The van der Waals surface area contributed by atoms with Crippen LogP contribution in [0, 0.1) is 23.7 Å².